The summed E-state index contributed by atoms with van der Waals surface area (Å²) in [5.41, 5.74) is 4.15. The fourth-order valence-corrected chi connectivity index (χ4v) is 5.24. The molecule has 1 aromatic rings. The largest absolute Gasteiger partial charge is 0.459 e. The lowest BCUT2D eigenvalue weighted by atomic mass is 9.75. The number of Topliss-reactive ketones (excluding diaryl/α,β-unsaturated/α-hetero) is 1. The van der Waals surface area contributed by atoms with E-state index < -0.39 is 0 Å². The van der Waals surface area contributed by atoms with Crippen molar-refractivity contribution in [2.75, 3.05) is 0 Å². The number of allylic oxidation sites excluding steroid dienone is 3. The summed E-state index contributed by atoms with van der Waals surface area (Å²) in [5.74, 6) is -0.464. The molecule has 1 atom stereocenters. The average Bonchev–Trinajstić information content (AvgIpc) is 2.68. The van der Waals surface area contributed by atoms with Gasteiger partial charge in [0.1, 0.15) is 6.10 Å². The van der Waals surface area contributed by atoms with Crippen molar-refractivity contribution in [3.8, 4) is 0 Å². The van der Waals surface area contributed by atoms with Gasteiger partial charge in [0.2, 0.25) is 0 Å². The van der Waals surface area contributed by atoms with Gasteiger partial charge in [-0.2, -0.15) is 0 Å². The quantitative estimate of drug-likeness (QED) is 0.471. The van der Waals surface area contributed by atoms with E-state index in [1.165, 1.54) is 6.42 Å². The average molecular weight is 491 g/mol. The zero-order chi connectivity index (χ0) is 19.7. The predicted octanol–water partition coefficient (Wildman–Crippen LogP) is 5.14. The third-order valence-corrected chi connectivity index (χ3v) is 6.67. The summed E-state index contributed by atoms with van der Waals surface area (Å²) >= 11 is 2.28. The minimum absolute atomic E-state index is 0.00413. The van der Waals surface area contributed by atoms with E-state index in [1.807, 2.05) is 25.1 Å². The predicted molar refractivity (Wildman–Crippen MR) is 117 cm³/mol. The standard InChI is InChI=1S/C23H26INO3/c1-14-20(23(27)28-17-9-3-2-4-10-17)21(15-7-5-8-16(24)13-15)22-18(25-14)11-6-12-19(22)26/h5,7-8,13,17,21,25H,2-4,6,9-12H2,1H3/t21-/m1/s1. The number of esters is 1. The Hall–Kier alpha value is -1.63. The number of dihydropyridines is 1. The Morgan fingerprint density at radius 1 is 1.14 bits per heavy atom. The molecule has 0 bridgehead atoms. The Balaban J connectivity index is 1.74. The van der Waals surface area contributed by atoms with Crippen LogP contribution in [0.15, 0.2) is 46.8 Å². The fourth-order valence-electron chi connectivity index (χ4n) is 4.67. The number of halogens is 1. The first-order valence-corrected chi connectivity index (χ1v) is 11.3. The molecule has 3 aliphatic rings. The third-order valence-electron chi connectivity index (χ3n) is 6.00. The first-order chi connectivity index (χ1) is 13.5. The zero-order valence-corrected chi connectivity index (χ0v) is 18.4. The van der Waals surface area contributed by atoms with Crippen molar-refractivity contribution in [3.63, 3.8) is 0 Å². The van der Waals surface area contributed by atoms with Crippen molar-refractivity contribution in [1.29, 1.82) is 0 Å². The van der Waals surface area contributed by atoms with Gasteiger partial charge in [0.15, 0.2) is 5.78 Å². The van der Waals surface area contributed by atoms with E-state index in [4.69, 9.17) is 4.74 Å². The number of carbonyl (C=O) groups is 2. The van der Waals surface area contributed by atoms with E-state index in [2.05, 4.69) is 34.0 Å². The maximum Gasteiger partial charge on any atom is 0.337 e. The van der Waals surface area contributed by atoms with Crippen molar-refractivity contribution in [3.05, 3.63) is 55.9 Å². The fraction of sp³-hybridized carbons (Fsp3) is 0.478. The summed E-state index contributed by atoms with van der Waals surface area (Å²) in [4.78, 5) is 26.2. The molecule has 148 valence electrons. The molecular weight excluding hydrogens is 465 g/mol. The van der Waals surface area contributed by atoms with Gasteiger partial charge in [-0.05, 0) is 85.7 Å². The number of hydrogen-bond acceptors (Lipinski definition) is 4. The maximum atomic E-state index is 13.3. The van der Waals surface area contributed by atoms with Gasteiger partial charge in [-0.15, -0.1) is 0 Å². The van der Waals surface area contributed by atoms with Crippen LogP contribution in [0.5, 0.6) is 0 Å². The van der Waals surface area contributed by atoms with Gasteiger partial charge in [0.25, 0.3) is 0 Å². The Morgan fingerprint density at radius 3 is 2.68 bits per heavy atom. The molecule has 1 fully saturated rings. The normalized spacial score (nSPS) is 23.4. The molecule has 0 saturated heterocycles. The molecule has 0 radical (unpaired) electrons. The van der Waals surface area contributed by atoms with E-state index in [0.717, 1.165) is 64.6 Å². The molecule has 0 aromatic heterocycles. The Kier molecular flexibility index (Phi) is 5.90. The zero-order valence-electron chi connectivity index (χ0n) is 16.2. The van der Waals surface area contributed by atoms with Crippen LogP contribution in [0.25, 0.3) is 0 Å². The van der Waals surface area contributed by atoms with Gasteiger partial charge < -0.3 is 10.1 Å². The summed E-state index contributed by atoms with van der Waals surface area (Å²) in [6.07, 6.45) is 7.57. The molecular formula is C23H26INO3. The van der Waals surface area contributed by atoms with E-state index in [1.54, 1.807) is 0 Å². The maximum absolute atomic E-state index is 13.3. The number of ketones is 1. The van der Waals surface area contributed by atoms with Crippen LogP contribution >= 0.6 is 22.6 Å². The number of rotatable bonds is 3. The van der Waals surface area contributed by atoms with Crippen molar-refractivity contribution in [2.45, 2.75) is 70.3 Å². The highest BCUT2D eigenvalue weighted by molar-refractivity contribution is 14.1. The van der Waals surface area contributed by atoms with Crippen molar-refractivity contribution >= 4 is 34.3 Å². The van der Waals surface area contributed by atoms with Crippen molar-refractivity contribution < 1.29 is 14.3 Å². The lowest BCUT2D eigenvalue weighted by Crippen LogP contribution is -2.35. The summed E-state index contributed by atoms with van der Waals surface area (Å²) in [7, 11) is 0. The second-order valence-electron chi connectivity index (χ2n) is 7.99. The van der Waals surface area contributed by atoms with Crippen molar-refractivity contribution in [1.82, 2.24) is 5.32 Å². The third kappa shape index (κ3) is 3.91. The van der Waals surface area contributed by atoms with Gasteiger partial charge in [0.05, 0.1) is 5.57 Å². The second-order valence-corrected chi connectivity index (χ2v) is 9.23. The van der Waals surface area contributed by atoms with E-state index in [9.17, 15) is 9.59 Å². The van der Waals surface area contributed by atoms with Gasteiger partial charge in [0, 0.05) is 32.9 Å². The first-order valence-electron chi connectivity index (χ1n) is 10.2. The summed E-state index contributed by atoms with van der Waals surface area (Å²) in [6, 6.07) is 8.11. The van der Waals surface area contributed by atoms with Crippen LogP contribution in [0.3, 0.4) is 0 Å². The molecule has 0 amide bonds. The number of ether oxygens (including phenoxy) is 1. The number of carbonyl (C=O) groups excluding carboxylic acids is 2. The topological polar surface area (TPSA) is 55.4 Å². The highest BCUT2D eigenvalue weighted by atomic mass is 127. The van der Waals surface area contributed by atoms with Crippen LogP contribution in [0.4, 0.5) is 0 Å². The molecule has 1 aromatic carbocycles. The molecule has 2 aliphatic carbocycles. The molecule has 1 aliphatic heterocycles. The Bertz CT molecular complexity index is 864. The molecule has 28 heavy (non-hydrogen) atoms. The molecule has 4 rings (SSSR count). The van der Waals surface area contributed by atoms with E-state index >= 15 is 0 Å². The Labute approximate surface area is 179 Å². The van der Waals surface area contributed by atoms with Gasteiger partial charge in [-0.3, -0.25) is 4.79 Å². The molecule has 0 spiro atoms. The number of hydrogen-bond donors (Lipinski definition) is 1. The monoisotopic (exact) mass is 491 g/mol. The SMILES string of the molecule is CC1=C(C(=O)OC2CCCCC2)[C@@H](c2cccc(I)c2)C2=C(CCCC2=O)N1. The lowest BCUT2D eigenvalue weighted by molar-refractivity contribution is -0.146. The first kappa shape index (κ1) is 19.7. The van der Waals surface area contributed by atoms with Crippen LogP contribution < -0.4 is 5.32 Å². The van der Waals surface area contributed by atoms with E-state index in [-0.39, 0.29) is 23.8 Å². The number of nitrogens with one attached hydrogen (secondary N) is 1. The minimum Gasteiger partial charge on any atom is -0.459 e. The summed E-state index contributed by atoms with van der Waals surface area (Å²) in [5, 5.41) is 3.37. The van der Waals surface area contributed by atoms with Crippen LogP contribution in [0, 0.1) is 3.57 Å². The molecule has 1 saturated carbocycles. The molecule has 0 unspecified atom stereocenters. The highest BCUT2D eigenvalue weighted by Crippen LogP contribution is 2.43. The second kappa shape index (κ2) is 8.39. The summed E-state index contributed by atoms with van der Waals surface area (Å²) in [6.45, 7) is 1.93. The molecule has 4 nitrogen and oxygen atoms in total. The van der Waals surface area contributed by atoms with Gasteiger partial charge >= 0.3 is 5.97 Å². The van der Waals surface area contributed by atoms with Gasteiger partial charge in [-0.1, -0.05) is 18.6 Å². The van der Waals surface area contributed by atoms with Crippen LogP contribution in [0.2, 0.25) is 0 Å². The van der Waals surface area contributed by atoms with Crippen LogP contribution in [-0.4, -0.2) is 17.9 Å². The molecule has 5 heteroatoms. The highest BCUT2D eigenvalue weighted by Gasteiger charge is 2.39. The van der Waals surface area contributed by atoms with Crippen molar-refractivity contribution in [2.24, 2.45) is 0 Å². The molecule has 1 N–H and O–H groups in total. The minimum atomic E-state index is -0.338. The van der Waals surface area contributed by atoms with Crippen LogP contribution in [0.1, 0.15) is 69.8 Å². The smallest absolute Gasteiger partial charge is 0.337 e. The lowest BCUT2D eigenvalue weighted by Gasteiger charge is -2.35. The summed E-state index contributed by atoms with van der Waals surface area (Å²) < 4.78 is 7.02. The van der Waals surface area contributed by atoms with E-state index in [0.29, 0.717) is 12.0 Å². The Morgan fingerprint density at radius 2 is 1.93 bits per heavy atom. The number of benzene rings is 1. The molecule has 1 heterocycles. The van der Waals surface area contributed by atoms with Crippen LogP contribution in [-0.2, 0) is 14.3 Å². The van der Waals surface area contributed by atoms with Gasteiger partial charge in [-0.25, -0.2) is 4.79 Å².